The maximum absolute atomic E-state index is 12.2. The van der Waals surface area contributed by atoms with Crippen LogP contribution in [-0.2, 0) is 28.5 Å². The maximum Gasteiger partial charge on any atom is 0.225 e. The third-order valence-electron chi connectivity index (χ3n) is 4.73. The molecule has 9 heteroatoms. The summed E-state index contributed by atoms with van der Waals surface area (Å²) in [4.78, 5) is 12.2. The SMILES string of the molecule is CCC(C)(C)C(=O)NCC(C)(C)COCCOCCOCCOCCOCC(O)CO. The summed E-state index contributed by atoms with van der Waals surface area (Å²) < 4.78 is 27.0. The topological polar surface area (TPSA) is 116 Å². The predicted molar refractivity (Wildman–Crippen MR) is 118 cm³/mol. The fourth-order valence-electron chi connectivity index (χ4n) is 2.17. The molecule has 0 aliphatic rings. The van der Waals surface area contributed by atoms with E-state index in [1.165, 1.54) is 0 Å². The van der Waals surface area contributed by atoms with E-state index >= 15 is 0 Å². The van der Waals surface area contributed by atoms with E-state index in [1.54, 1.807) is 0 Å². The molecule has 0 spiro atoms. The third kappa shape index (κ3) is 17.4. The fourth-order valence-corrected chi connectivity index (χ4v) is 2.17. The number of hydrogen-bond donors (Lipinski definition) is 3. The summed E-state index contributed by atoms with van der Waals surface area (Å²) in [7, 11) is 0. The van der Waals surface area contributed by atoms with Crippen LogP contribution in [0.3, 0.4) is 0 Å². The minimum Gasteiger partial charge on any atom is -0.394 e. The van der Waals surface area contributed by atoms with Gasteiger partial charge >= 0.3 is 0 Å². The largest absolute Gasteiger partial charge is 0.394 e. The molecule has 186 valence electrons. The molecule has 9 nitrogen and oxygen atoms in total. The minimum atomic E-state index is -0.842. The molecule has 1 unspecified atom stereocenters. The number of carbonyl (C=O) groups is 1. The molecule has 0 fully saturated rings. The first-order valence-electron chi connectivity index (χ1n) is 11.1. The van der Waals surface area contributed by atoms with Gasteiger partial charge in [0.05, 0.1) is 72.7 Å². The summed E-state index contributed by atoms with van der Waals surface area (Å²) in [5.74, 6) is 0.0722. The molecular formula is C22H45NO8. The van der Waals surface area contributed by atoms with Gasteiger partial charge in [0.2, 0.25) is 5.91 Å². The van der Waals surface area contributed by atoms with Crippen molar-refractivity contribution in [1.29, 1.82) is 0 Å². The van der Waals surface area contributed by atoms with Crippen molar-refractivity contribution in [2.45, 2.75) is 47.1 Å². The zero-order chi connectivity index (χ0) is 23.6. The second-order valence-electron chi connectivity index (χ2n) is 8.89. The number of nitrogens with one attached hydrogen (secondary N) is 1. The quantitative estimate of drug-likeness (QED) is 0.221. The number of rotatable bonds is 21. The van der Waals surface area contributed by atoms with Gasteiger partial charge in [-0.25, -0.2) is 0 Å². The van der Waals surface area contributed by atoms with Gasteiger partial charge in [0.1, 0.15) is 6.10 Å². The molecule has 1 amide bonds. The molecule has 0 aromatic carbocycles. The maximum atomic E-state index is 12.2. The Morgan fingerprint density at radius 1 is 0.839 bits per heavy atom. The van der Waals surface area contributed by atoms with Crippen LogP contribution in [0.5, 0.6) is 0 Å². The Morgan fingerprint density at radius 2 is 1.29 bits per heavy atom. The van der Waals surface area contributed by atoms with E-state index in [0.29, 0.717) is 66.0 Å². The number of hydrogen-bond acceptors (Lipinski definition) is 8. The van der Waals surface area contributed by atoms with Crippen LogP contribution in [-0.4, -0.2) is 101 Å². The average molecular weight is 452 g/mol. The van der Waals surface area contributed by atoms with Gasteiger partial charge in [-0.05, 0) is 6.42 Å². The summed E-state index contributed by atoms with van der Waals surface area (Å²) in [6.07, 6.45) is -0.0393. The molecule has 0 aromatic rings. The van der Waals surface area contributed by atoms with Crippen LogP contribution < -0.4 is 5.32 Å². The lowest BCUT2D eigenvalue weighted by molar-refractivity contribution is -0.130. The Balaban J connectivity index is 3.46. The van der Waals surface area contributed by atoms with Crippen molar-refractivity contribution in [3.63, 3.8) is 0 Å². The van der Waals surface area contributed by atoms with E-state index in [1.807, 2.05) is 20.8 Å². The van der Waals surface area contributed by atoms with Crippen molar-refractivity contribution in [1.82, 2.24) is 5.32 Å². The van der Waals surface area contributed by atoms with Gasteiger partial charge in [0, 0.05) is 17.4 Å². The van der Waals surface area contributed by atoms with Crippen LogP contribution >= 0.6 is 0 Å². The van der Waals surface area contributed by atoms with Crippen molar-refractivity contribution < 1.29 is 38.7 Å². The molecule has 0 radical (unpaired) electrons. The van der Waals surface area contributed by atoms with Gasteiger partial charge in [0.15, 0.2) is 0 Å². The lowest BCUT2D eigenvalue weighted by Crippen LogP contribution is -2.42. The van der Waals surface area contributed by atoms with Crippen LogP contribution in [0.4, 0.5) is 0 Å². The van der Waals surface area contributed by atoms with Gasteiger partial charge in [-0.15, -0.1) is 0 Å². The van der Waals surface area contributed by atoms with Gasteiger partial charge in [0.25, 0.3) is 0 Å². The Morgan fingerprint density at radius 3 is 1.74 bits per heavy atom. The summed E-state index contributed by atoms with van der Waals surface area (Å²) in [6, 6.07) is 0. The van der Waals surface area contributed by atoms with Crippen LogP contribution in [0, 0.1) is 10.8 Å². The molecular weight excluding hydrogens is 406 g/mol. The van der Waals surface area contributed by atoms with Gasteiger partial charge in [-0.1, -0.05) is 34.6 Å². The normalized spacial score (nSPS) is 13.4. The Bertz CT molecular complexity index is 445. The molecule has 0 bridgehead atoms. The second kappa shape index (κ2) is 17.7. The Labute approximate surface area is 187 Å². The van der Waals surface area contributed by atoms with E-state index in [0.717, 1.165) is 6.42 Å². The summed E-state index contributed by atoms with van der Waals surface area (Å²) in [6.45, 7) is 14.6. The van der Waals surface area contributed by atoms with E-state index in [4.69, 9.17) is 33.9 Å². The number of carbonyl (C=O) groups excluding carboxylic acids is 1. The third-order valence-corrected chi connectivity index (χ3v) is 4.73. The molecule has 0 aliphatic carbocycles. The first-order chi connectivity index (χ1) is 14.6. The van der Waals surface area contributed by atoms with Crippen molar-refractivity contribution in [3.8, 4) is 0 Å². The summed E-state index contributed by atoms with van der Waals surface area (Å²) in [5, 5.41) is 20.7. The number of aliphatic hydroxyl groups excluding tert-OH is 2. The van der Waals surface area contributed by atoms with Crippen molar-refractivity contribution in [2.24, 2.45) is 10.8 Å². The molecule has 3 N–H and O–H groups in total. The molecule has 0 rings (SSSR count). The highest BCUT2D eigenvalue weighted by molar-refractivity contribution is 5.81. The average Bonchev–Trinajstić information content (AvgIpc) is 2.74. The molecule has 0 saturated heterocycles. The minimum absolute atomic E-state index is 0.0722. The first kappa shape index (κ1) is 30.2. The van der Waals surface area contributed by atoms with Crippen molar-refractivity contribution >= 4 is 5.91 Å². The first-order valence-corrected chi connectivity index (χ1v) is 11.1. The van der Waals surface area contributed by atoms with E-state index in [-0.39, 0.29) is 30.0 Å². The molecule has 31 heavy (non-hydrogen) atoms. The predicted octanol–water partition coefficient (Wildman–Crippen LogP) is 1.00. The monoisotopic (exact) mass is 451 g/mol. The van der Waals surface area contributed by atoms with Gasteiger partial charge in [-0.3, -0.25) is 4.79 Å². The van der Waals surface area contributed by atoms with Crippen LogP contribution in [0.1, 0.15) is 41.0 Å². The van der Waals surface area contributed by atoms with Crippen LogP contribution in [0.15, 0.2) is 0 Å². The Hall–Kier alpha value is -0.810. The van der Waals surface area contributed by atoms with Gasteiger partial charge in [-0.2, -0.15) is 0 Å². The highest BCUT2D eigenvalue weighted by Gasteiger charge is 2.27. The molecule has 1 atom stereocenters. The second-order valence-corrected chi connectivity index (χ2v) is 8.89. The van der Waals surface area contributed by atoms with Crippen LogP contribution in [0.2, 0.25) is 0 Å². The van der Waals surface area contributed by atoms with Crippen molar-refractivity contribution in [2.75, 3.05) is 79.2 Å². The van der Waals surface area contributed by atoms with Crippen LogP contribution in [0.25, 0.3) is 0 Å². The number of aliphatic hydroxyl groups is 2. The fraction of sp³-hybridized carbons (Fsp3) is 0.955. The Kier molecular flexibility index (Phi) is 17.2. The number of amides is 1. The van der Waals surface area contributed by atoms with Gasteiger partial charge < -0.3 is 39.2 Å². The highest BCUT2D eigenvalue weighted by atomic mass is 16.6. The summed E-state index contributed by atoms with van der Waals surface area (Å²) in [5.41, 5.74) is -0.495. The molecule has 0 saturated carbocycles. The van der Waals surface area contributed by atoms with E-state index in [9.17, 15) is 4.79 Å². The lowest BCUT2D eigenvalue weighted by atomic mass is 9.88. The van der Waals surface area contributed by atoms with Crippen molar-refractivity contribution in [3.05, 3.63) is 0 Å². The summed E-state index contributed by atoms with van der Waals surface area (Å²) >= 11 is 0. The molecule has 0 aliphatic heterocycles. The highest BCUT2D eigenvalue weighted by Crippen LogP contribution is 2.21. The molecule has 0 aromatic heterocycles. The zero-order valence-electron chi connectivity index (χ0n) is 20.1. The lowest BCUT2D eigenvalue weighted by Gasteiger charge is -2.28. The zero-order valence-corrected chi connectivity index (χ0v) is 20.1. The van der Waals surface area contributed by atoms with E-state index < -0.39 is 6.10 Å². The molecule has 0 heterocycles. The standard InChI is InChI=1S/C22H45NO8/c1-6-22(4,5)20(26)23-17-21(2,3)18-31-14-12-29-10-8-27-7-9-28-11-13-30-16-19(25)15-24/h19,24-25H,6-18H2,1-5H3,(H,23,26). The smallest absolute Gasteiger partial charge is 0.225 e. The van der Waals surface area contributed by atoms with E-state index in [2.05, 4.69) is 19.2 Å². The number of ether oxygens (including phenoxy) is 5.